The normalized spacial score (nSPS) is 14.4. The number of halogens is 1. The minimum absolute atomic E-state index is 0.0362. The summed E-state index contributed by atoms with van der Waals surface area (Å²) in [5.41, 5.74) is 0.884. The van der Waals surface area contributed by atoms with Crippen LogP contribution in [-0.2, 0) is 14.8 Å². The van der Waals surface area contributed by atoms with Gasteiger partial charge in [0.05, 0.1) is 27.7 Å². The van der Waals surface area contributed by atoms with Crippen molar-refractivity contribution in [1.29, 1.82) is 0 Å². The Morgan fingerprint density at radius 3 is 2.42 bits per heavy atom. The van der Waals surface area contributed by atoms with Gasteiger partial charge in [-0.15, -0.1) is 0 Å². The van der Waals surface area contributed by atoms with Gasteiger partial charge in [-0.05, 0) is 61.7 Å². The average molecular weight is 465 g/mol. The molecule has 0 saturated carbocycles. The first-order valence-corrected chi connectivity index (χ1v) is 12.0. The van der Waals surface area contributed by atoms with E-state index in [0.29, 0.717) is 30.9 Å². The number of hydrogen-bond acceptors (Lipinski definition) is 5. The molecule has 0 atom stereocenters. The number of unbranched alkanes of at least 4 members (excludes halogenated alkanes) is 1. The zero-order valence-electron chi connectivity index (χ0n) is 17.3. The Morgan fingerprint density at radius 1 is 1.10 bits per heavy atom. The summed E-state index contributed by atoms with van der Waals surface area (Å²) >= 11 is 6.16. The van der Waals surface area contributed by atoms with Crippen molar-refractivity contribution in [2.24, 2.45) is 0 Å². The van der Waals surface area contributed by atoms with Gasteiger partial charge in [0.15, 0.2) is 0 Å². The van der Waals surface area contributed by atoms with Crippen LogP contribution in [0.5, 0.6) is 0 Å². The second kappa shape index (κ2) is 10.3. The van der Waals surface area contributed by atoms with Crippen molar-refractivity contribution < 1.29 is 22.7 Å². The maximum absolute atomic E-state index is 12.8. The number of nitrogens with zero attached hydrogens (tertiary/aromatic N) is 1. The van der Waals surface area contributed by atoms with Gasteiger partial charge in [0, 0.05) is 18.8 Å². The number of nitrogens with one attached hydrogen (secondary N) is 1. The van der Waals surface area contributed by atoms with Crippen LogP contribution in [-0.4, -0.2) is 44.3 Å². The van der Waals surface area contributed by atoms with Gasteiger partial charge in [-0.1, -0.05) is 24.9 Å². The number of hydrogen-bond donors (Lipinski definition) is 1. The highest BCUT2D eigenvalue weighted by Crippen LogP contribution is 2.26. The minimum atomic E-state index is -3.67. The summed E-state index contributed by atoms with van der Waals surface area (Å²) in [5.74, 6) is -0.962. The van der Waals surface area contributed by atoms with Gasteiger partial charge in [0.25, 0.3) is 5.91 Å². The van der Waals surface area contributed by atoms with Crippen LogP contribution in [0.1, 0.15) is 53.3 Å². The first-order valence-electron chi connectivity index (χ1n) is 10.2. The molecule has 2 aromatic rings. The highest BCUT2D eigenvalue weighted by atomic mass is 35.5. The number of anilines is 1. The third-order valence-corrected chi connectivity index (χ3v) is 7.22. The van der Waals surface area contributed by atoms with Crippen LogP contribution in [0.25, 0.3) is 0 Å². The van der Waals surface area contributed by atoms with Crippen LogP contribution in [0.2, 0.25) is 5.02 Å². The van der Waals surface area contributed by atoms with Crippen LogP contribution in [0.15, 0.2) is 47.4 Å². The summed E-state index contributed by atoms with van der Waals surface area (Å²) in [6.07, 6.45) is 3.37. The molecule has 1 saturated heterocycles. The molecule has 1 heterocycles. The van der Waals surface area contributed by atoms with E-state index in [2.05, 4.69) is 5.32 Å². The van der Waals surface area contributed by atoms with Gasteiger partial charge in [0.1, 0.15) is 0 Å². The van der Waals surface area contributed by atoms with Crippen molar-refractivity contribution in [1.82, 2.24) is 4.31 Å². The molecule has 0 spiro atoms. The van der Waals surface area contributed by atoms with E-state index in [0.717, 1.165) is 25.7 Å². The van der Waals surface area contributed by atoms with E-state index in [9.17, 15) is 18.0 Å². The average Bonchev–Trinajstić information content (AvgIpc) is 3.30. The number of carbonyl (C=O) groups excluding carboxylic acids is 2. The molecule has 0 radical (unpaired) electrons. The van der Waals surface area contributed by atoms with Crippen molar-refractivity contribution in [2.45, 2.75) is 37.5 Å². The van der Waals surface area contributed by atoms with Crippen molar-refractivity contribution in [3.63, 3.8) is 0 Å². The lowest BCUT2D eigenvalue weighted by Crippen LogP contribution is -2.28. The van der Waals surface area contributed by atoms with Gasteiger partial charge >= 0.3 is 5.97 Å². The van der Waals surface area contributed by atoms with Crippen LogP contribution < -0.4 is 5.32 Å². The summed E-state index contributed by atoms with van der Waals surface area (Å²) < 4.78 is 32.1. The molecule has 1 aliphatic heterocycles. The van der Waals surface area contributed by atoms with Crippen LogP contribution in [0.3, 0.4) is 0 Å². The van der Waals surface area contributed by atoms with Crippen molar-refractivity contribution >= 4 is 39.2 Å². The monoisotopic (exact) mass is 464 g/mol. The largest absolute Gasteiger partial charge is 0.462 e. The molecule has 0 aromatic heterocycles. The fourth-order valence-corrected chi connectivity index (χ4v) is 4.94. The zero-order chi connectivity index (χ0) is 22.4. The molecule has 3 rings (SSSR count). The van der Waals surface area contributed by atoms with Crippen molar-refractivity contribution in [3.8, 4) is 0 Å². The summed E-state index contributed by atoms with van der Waals surface area (Å²) in [4.78, 5) is 24.7. The van der Waals surface area contributed by atoms with E-state index < -0.39 is 21.9 Å². The van der Waals surface area contributed by atoms with E-state index in [-0.39, 0.29) is 15.5 Å². The van der Waals surface area contributed by atoms with Gasteiger partial charge < -0.3 is 10.1 Å². The molecular weight excluding hydrogens is 440 g/mol. The maximum atomic E-state index is 12.8. The second-order valence-corrected chi connectivity index (χ2v) is 9.62. The van der Waals surface area contributed by atoms with Gasteiger partial charge in [-0.2, -0.15) is 4.31 Å². The number of sulfonamides is 1. The number of rotatable bonds is 8. The molecule has 1 N–H and O–H groups in total. The Hall–Kier alpha value is -2.42. The Labute approximate surface area is 187 Å². The summed E-state index contributed by atoms with van der Waals surface area (Å²) in [6, 6.07) is 10.4. The third kappa shape index (κ3) is 5.64. The van der Waals surface area contributed by atoms with E-state index in [4.69, 9.17) is 16.3 Å². The maximum Gasteiger partial charge on any atom is 0.338 e. The molecule has 166 valence electrons. The quantitative estimate of drug-likeness (QED) is 0.463. The van der Waals surface area contributed by atoms with Crippen LogP contribution in [0, 0.1) is 0 Å². The number of amides is 1. The highest BCUT2D eigenvalue weighted by Gasteiger charge is 2.28. The molecule has 1 aliphatic rings. The number of benzene rings is 2. The molecule has 7 nitrogen and oxygen atoms in total. The van der Waals surface area contributed by atoms with Crippen molar-refractivity contribution in [3.05, 3.63) is 58.6 Å². The lowest BCUT2D eigenvalue weighted by atomic mass is 10.2. The molecule has 0 unspecified atom stereocenters. The predicted molar refractivity (Wildman–Crippen MR) is 119 cm³/mol. The zero-order valence-corrected chi connectivity index (χ0v) is 18.8. The molecular formula is C22H25ClN2O5S. The fourth-order valence-electron chi connectivity index (χ4n) is 3.20. The summed E-state index contributed by atoms with van der Waals surface area (Å²) in [6.45, 7) is 3.32. The molecule has 1 fully saturated rings. The van der Waals surface area contributed by atoms with Crippen LogP contribution >= 0.6 is 11.6 Å². The third-order valence-electron chi connectivity index (χ3n) is 4.99. The minimum Gasteiger partial charge on any atom is -0.462 e. The standard InChI is InChI=1S/C22H25ClN2O5S/c1-2-3-14-30-22(27)16-6-8-17(9-7-16)24-21(26)19-15-18(10-11-20(19)23)31(28,29)25-12-4-5-13-25/h6-11,15H,2-5,12-14H2,1H3,(H,24,26). The molecule has 1 amide bonds. The molecule has 0 aliphatic carbocycles. The van der Waals surface area contributed by atoms with Gasteiger partial charge in [0.2, 0.25) is 10.0 Å². The molecule has 9 heteroatoms. The van der Waals surface area contributed by atoms with E-state index in [1.807, 2.05) is 6.92 Å². The van der Waals surface area contributed by atoms with Crippen molar-refractivity contribution in [2.75, 3.05) is 25.0 Å². The smallest absolute Gasteiger partial charge is 0.338 e. The summed E-state index contributed by atoms with van der Waals surface area (Å²) in [5, 5.41) is 2.83. The summed E-state index contributed by atoms with van der Waals surface area (Å²) in [7, 11) is -3.67. The lowest BCUT2D eigenvalue weighted by molar-refractivity contribution is 0.0499. The van der Waals surface area contributed by atoms with E-state index >= 15 is 0 Å². The van der Waals surface area contributed by atoms with Gasteiger partial charge in [-0.3, -0.25) is 4.79 Å². The number of carbonyl (C=O) groups is 2. The lowest BCUT2D eigenvalue weighted by Gasteiger charge is -2.16. The van der Waals surface area contributed by atoms with E-state index in [1.54, 1.807) is 24.3 Å². The Balaban J connectivity index is 1.72. The first-order chi connectivity index (χ1) is 14.8. The van der Waals surface area contributed by atoms with Crippen LogP contribution in [0.4, 0.5) is 5.69 Å². The second-order valence-electron chi connectivity index (χ2n) is 7.27. The fraction of sp³-hybridized carbons (Fsp3) is 0.364. The Morgan fingerprint density at radius 2 is 1.77 bits per heavy atom. The predicted octanol–water partition coefficient (Wildman–Crippen LogP) is 4.33. The Bertz CT molecular complexity index is 1050. The molecule has 31 heavy (non-hydrogen) atoms. The van der Waals surface area contributed by atoms with E-state index in [1.165, 1.54) is 22.5 Å². The number of ether oxygens (including phenoxy) is 1. The molecule has 0 bridgehead atoms. The SMILES string of the molecule is CCCCOC(=O)c1ccc(NC(=O)c2cc(S(=O)(=O)N3CCCC3)ccc2Cl)cc1. The van der Waals surface area contributed by atoms with Gasteiger partial charge in [-0.25, -0.2) is 13.2 Å². The number of esters is 1. The molecule has 2 aromatic carbocycles. The topological polar surface area (TPSA) is 92.8 Å². The highest BCUT2D eigenvalue weighted by molar-refractivity contribution is 7.89. The first kappa shape index (κ1) is 23.2. The Kier molecular flexibility index (Phi) is 7.69.